The number of anilines is 2. The van der Waals surface area contributed by atoms with E-state index >= 15 is 0 Å². The van der Waals surface area contributed by atoms with Gasteiger partial charge >= 0.3 is 5.97 Å². The molecule has 0 N–H and O–H groups in total. The average Bonchev–Trinajstić information content (AvgIpc) is 3.32. The molecule has 0 unspecified atom stereocenters. The van der Waals surface area contributed by atoms with Crippen molar-refractivity contribution in [2.75, 3.05) is 16.3 Å². The van der Waals surface area contributed by atoms with E-state index in [-0.39, 0.29) is 52.2 Å². The second-order valence-corrected chi connectivity index (χ2v) is 12.6. The molecule has 0 aromatic heterocycles. The number of esters is 1. The molecule has 2 aromatic carbocycles. The largest absolute Gasteiger partial charge is 0.426 e. The van der Waals surface area contributed by atoms with E-state index in [9.17, 15) is 19.2 Å². The number of fused-ring (bicyclic) bond motifs is 1. The normalized spacial score (nSPS) is 27.6. The molecule has 9 heteroatoms. The first kappa shape index (κ1) is 26.1. The summed E-state index contributed by atoms with van der Waals surface area (Å²) in [5.74, 6) is -1.85. The highest BCUT2D eigenvalue weighted by molar-refractivity contribution is 9.12. The standard InChI is InChI=1S/C28H28Br2N2O5/c1-14-4-6-23(15(2)8-14)31-13-17(10-25(31)33)28(36)37-18-5-7-24(16(3)9-18)32-26(34)19-11-21(29)22(30)12-20(19)27(32)35/h4-9,17,19-22H,10-13H2,1-3H3/t17-,19-,20+,21+,22+/m1/s1. The van der Waals surface area contributed by atoms with Crippen LogP contribution in [-0.2, 0) is 19.2 Å². The molecule has 2 aliphatic heterocycles. The Labute approximate surface area is 232 Å². The number of imide groups is 1. The Kier molecular flexibility index (Phi) is 7.04. The van der Waals surface area contributed by atoms with Crippen molar-refractivity contribution in [3.8, 4) is 5.75 Å². The van der Waals surface area contributed by atoms with Crippen LogP contribution >= 0.6 is 31.9 Å². The van der Waals surface area contributed by atoms with Gasteiger partial charge in [0.25, 0.3) is 0 Å². The molecule has 1 aliphatic carbocycles. The second-order valence-electron chi connectivity index (χ2n) is 10.3. The van der Waals surface area contributed by atoms with Crippen molar-refractivity contribution in [3.63, 3.8) is 0 Å². The van der Waals surface area contributed by atoms with Gasteiger partial charge in [-0.3, -0.25) is 19.2 Å². The van der Waals surface area contributed by atoms with Gasteiger partial charge in [-0.2, -0.15) is 0 Å². The van der Waals surface area contributed by atoms with Crippen LogP contribution in [0, 0.1) is 38.5 Å². The number of amides is 3. The van der Waals surface area contributed by atoms with E-state index in [4.69, 9.17) is 4.74 Å². The Morgan fingerprint density at radius 1 is 0.865 bits per heavy atom. The molecule has 0 bridgehead atoms. The van der Waals surface area contributed by atoms with Crippen molar-refractivity contribution in [1.82, 2.24) is 0 Å². The van der Waals surface area contributed by atoms with Gasteiger partial charge in [-0.25, -0.2) is 4.90 Å². The lowest BCUT2D eigenvalue weighted by atomic mass is 9.81. The molecule has 2 heterocycles. The summed E-state index contributed by atoms with van der Waals surface area (Å²) in [6.45, 7) is 6.00. The zero-order chi connectivity index (χ0) is 26.6. The topological polar surface area (TPSA) is 84.0 Å². The predicted octanol–water partition coefficient (Wildman–Crippen LogP) is 5.00. The lowest BCUT2D eigenvalue weighted by molar-refractivity contribution is -0.139. The highest BCUT2D eigenvalue weighted by atomic mass is 79.9. The third-order valence-corrected chi connectivity index (χ3v) is 10.4. The number of ether oxygens (including phenoxy) is 1. The molecule has 7 nitrogen and oxygen atoms in total. The van der Waals surface area contributed by atoms with E-state index in [1.165, 1.54) is 4.90 Å². The zero-order valence-corrected chi connectivity index (χ0v) is 24.0. The Balaban J connectivity index is 1.28. The minimum Gasteiger partial charge on any atom is -0.426 e. The van der Waals surface area contributed by atoms with Gasteiger partial charge in [0, 0.05) is 28.3 Å². The van der Waals surface area contributed by atoms with Gasteiger partial charge in [0.2, 0.25) is 17.7 Å². The molecule has 194 valence electrons. The van der Waals surface area contributed by atoms with E-state index in [0.717, 1.165) is 16.8 Å². The molecular formula is C28H28Br2N2O5. The number of halogens is 2. The summed E-state index contributed by atoms with van der Waals surface area (Å²) in [6, 6.07) is 10.8. The maximum atomic E-state index is 13.2. The maximum absolute atomic E-state index is 13.2. The molecule has 3 amide bonds. The van der Waals surface area contributed by atoms with Crippen LogP contribution in [0.15, 0.2) is 36.4 Å². The number of aryl methyl sites for hydroxylation is 3. The smallest absolute Gasteiger partial charge is 0.316 e. The Morgan fingerprint density at radius 3 is 2.05 bits per heavy atom. The number of carbonyl (C=O) groups excluding carboxylic acids is 4. The number of hydrogen-bond acceptors (Lipinski definition) is 5. The van der Waals surface area contributed by atoms with Crippen LogP contribution in [0.4, 0.5) is 11.4 Å². The number of rotatable bonds is 4. The monoisotopic (exact) mass is 630 g/mol. The summed E-state index contributed by atoms with van der Waals surface area (Å²) in [7, 11) is 0. The summed E-state index contributed by atoms with van der Waals surface area (Å²) in [6.07, 6.45) is 1.30. The number of hydrogen-bond donors (Lipinski definition) is 0. The van der Waals surface area contributed by atoms with Gasteiger partial charge in [-0.15, -0.1) is 0 Å². The van der Waals surface area contributed by atoms with E-state index < -0.39 is 11.9 Å². The van der Waals surface area contributed by atoms with E-state index in [0.29, 0.717) is 29.8 Å². The van der Waals surface area contributed by atoms with Gasteiger partial charge in [-0.1, -0.05) is 49.6 Å². The van der Waals surface area contributed by atoms with E-state index in [2.05, 4.69) is 31.9 Å². The van der Waals surface area contributed by atoms with Crippen molar-refractivity contribution in [2.45, 2.75) is 49.7 Å². The number of alkyl halides is 2. The first-order chi connectivity index (χ1) is 17.5. The minimum absolute atomic E-state index is 0.0892. The third-order valence-electron chi connectivity index (χ3n) is 7.64. The number of benzene rings is 2. The summed E-state index contributed by atoms with van der Waals surface area (Å²) < 4.78 is 5.64. The van der Waals surface area contributed by atoms with Crippen LogP contribution in [0.3, 0.4) is 0 Å². The number of nitrogens with zero attached hydrogens (tertiary/aromatic N) is 2. The molecular weight excluding hydrogens is 604 g/mol. The maximum Gasteiger partial charge on any atom is 0.316 e. The molecule has 0 spiro atoms. The highest BCUT2D eigenvalue weighted by Gasteiger charge is 2.52. The Hall–Kier alpha value is -2.52. The van der Waals surface area contributed by atoms with Crippen LogP contribution < -0.4 is 14.5 Å². The minimum atomic E-state index is -0.576. The fourth-order valence-electron chi connectivity index (χ4n) is 5.68. The van der Waals surface area contributed by atoms with Crippen LogP contribution in [0.2, 0.25) is 0 Å². The lowest BCUT2D eigenvalue weighted by Crippen LogP contribution is -2.34. The van der Waals surface area contributed by atoms with Crippen molar-refractivity contribution >= 4 is 66.9 Å². The SMILES string of the molecule is Cc1ccc(N2C[C@H](C(=O)Oc3ccc(N4C(=O)[C@H]5C[C@H](Br)[C@@H](Br)C[C@H]5C4=O)c(C)c3)CC2=O)c(C)c1. The lowest BCUT2D eigenvalue weighted by Gasteiger charge is -2.29. The van der Waals surface area contributed by atoms with Crippen LogP contribution in [0.25, 0.3) is 0 Å². The highest BCUT2D eigenvalue weighted by Crippen LogP contribution is 2.45. The van der Waals surface area contributed by atoms with E-state index in [1.807, 2.05) is 32.0 Å². The summed E-state index contributed by atoms with van der Waals surface area (Å²) >= 11 is 7.23. The quantitative estimate of drug-likeness (QED) is 0.205. The van der Waals surface area contributed by atoms with Crippen LogP contribution in [0.5, 0.6) is 5.75 Å². The first-order valence-electron chi connectivity index (χ1n) is 12.4. The van der Waals surface area contributed by atoms with E-state index in [1.54, 1.807) is 30.0 Å². The summed E-state index contributed by atoms with van der Waals surface area (Å²) in [4.78, 5) is 55.2. The second kappa shape index (κ2) is 9.98. The molecule has 0 radical (unpaired) electrons. The van der Waals surface area contributed by atoms with Crippen LogP contribution in [0.1, 0.15) is 36.0 Å². The van der Waals surface area contributed by atoms with Crippen molar-refractivity contribution in [2.24, 2.45) is 17.8 Å². The van der Waals surface area contributed by atoms with Gasteiger partial charge in [0.05, 0.1) is 23.4 Å². The molecule has 3 fully saturated rings. The Bertz CT molecular complexity index is 1280. The molecule has 37 heavy (non-hydrogen) atoms. The average molecular weight is 632 g/mol. The first-order valence-corrected chi connectivity index (χ1v) is 14.2. The van der Waals surface area contributed by atoms with Gasteiger partial charge in [-0.05, 0) is 69.0 Å². The van der Waals surface area contributed by atoms with Gasteiger partial charge in [0.1, 0.15) is 5.75 Å². The van der Waals surface area contributed by atoms with Gasteiger partial charge in [0.15, 0.2) is 0 Å². The zero-order valence-electron chi connectivity index (χ0n) is 20.9. The summed E-state index contributed by atoms with van der Waals surface area (Å²) in [5, 5.41) is 0. The molecule has 2 saturated heterocycles. The Morgan fingerprint density at radius 2 is 1.46 bits per heavy atom. The fourth-order valence-corrected chi connectivity index (χ4v) is 6.92. The molecule has 1 saturated carbocycles. The number of carbonyl (C=O) groups is 4. The van der Waals surface area contributed by atoms with Crippen molar-refractivity contribution in [1.29, 1.82) is 0 Å². The van der Waals surface area contributed by atoms with Crippen LogP contribution in [-0.4, -0.2) is 39.9 Å². The molecule has 5 atom stereocenters. The molecule has 5 rings (SSSR count). The molecule has 3 aliphatic rings. The predicted molar refractivity (Wildman–Crippen MR) is 147 cm³/mol. The third kappa shape index (κ3) is 4.76. The van der Waals surface area contributed by atoms with Crippen molar-refractivity contribution in [3.05, 3.63) is 53.1 Å². The fraction of sp³-hybridized carbons (Fsp3) is 0.429. The van der Waals surface area contributed by atoms with Gasteiger partial charge < -0.3 is 9.64 Å². The summed E-state index contributed by atoms with van der Waals surface area (Å²) in [5.41, 5.74) is 4.08. The van der Waals surface area contributed by atoms with Crippen molar-refractivity contribution < 1.29 is 23.9 Å². The molecule has 2 aromatic rings.